The van der Waals surface area contributed by atoms with Gasteiger partial charge in [-0.05, 0) is 24.5 Å². The lowest BCUT2D eigenvalue weighted by atomic mass is 10.0. The third-order valence-electron chi connectivity index (χ3n) is 4.31. The van der Waals surface area contributed by atoms with Gasteiger partial charge in [-0.1, -0.05) is 26.0 Å². The molecule has 27 heavy (non-hydrogen) atoms. The Hall–Kier alpha value is -3.03. The van der Waals surface area contributed by atoms with Gasteiger partial charge in [0, 0.05) is 14.1 Å². The molecule has 0 bridgehead atoms. The van der Waals surface area contributed by atoms with Crippen LogP contribution in [0, 0.1) is 5.92 Å². The monoisotopic (exact) mass is 367 g/mol. The lowest BCUT2D eigenvalue weighted by molar-refractivity contribution is 0.199. The van der Waals surface area contributed by atoms with Crippen molar-refractivity contribution in [3.8, 4) is 0 Å². The van der Waals surface area contributed by atoms with Crippen molar-refractivity contribution >= 4 is 17.1 Å². The molecule has 0 spiro atoms. The van der Waals surface area contributed by atoms with Crippen molar-refractivity contribution < 1.29 is 4.79 Å². The molecule has 3 rings (SSSR count). The average molecular weight is 367 g/mol. The van der Waals surface area contributed by atoms with Crippen molar-refractivity contribution in [2.24, 2.45) is 13.0 Å². The highest BCUT2D eigenvalue weighted by Gasteiger charge is 2.22. The Morgan fingerprint density at radius 1 is 1.22 bits per heavy atom. The van der Waals surface area contributed by atoms with Crippen LogP contribution in [0.2, 0.25) is 0 Å². The van der Waals surface area contributed by atoms with Gasteiger partial charge in [-0.25, -0.2) is 14.8 Å². The van der Waals surface area contributed by atoms with Crippen LogP contribution in [0.1, 0.15) is 37.8 Å². The normalized spacial score (nSPS) is 12.3. The van der Waals surface area contributed by atoms with Crippen molar-refractivity contribution in [3.05, 3.63) is 48.3 Å². The SMILES string of the molecule is CC(C)C[C@H](NC(=O)N(C)Cc1cnc2ccccc2n1)c1ncnn1C. The minimum absolute atomic E-state index is 0.182. The Kier molecular flexibility index (Phi) is 5.63. The summed E-state index contributed by atoms with van der Waals surface area (Å²) in [5.41, 5.74) is 2.40. The second kappa shape index (κ2) is 8.11. The number of benzene rings is 1. The van der Waals surface area contributed by atoms with Gasteiger partial charge in [-0.2, -0.15) is 5.10 Å². The summed E-state index contributed by atoms with van der Waals surface area (Å²) in [6, 6.07) is 7.30. The number of aryl methyl sites for hydroxylation is 1. The molecule has 0 saturated carbocycles. The van der Waals surface area contributed by atoms with Crippen LogP contribution in [-0.2, 0) is 13.6 Å². The number of para-hydroxylation sites is 2. The topological polar surface area (TPSA) is 88.8 Å². The molecule has 0 aliphatic rings. The molecule has 0 fully saturated rings. The number of nitrogens with one attached hydrogen (secondary N) is 1. The maximum atomic E-state index is 12.7. The van der Waals surface area contributed by atoms with Gasteiger partial charge >= 0.3 is 6.03 Å². The molecule has 0 aliphatic carbocycles. The molecule has 1 N–H and O–H groups in total. The van der Waals surface area contributed by atoms with Crippen molar-refractivity contribution in [2.75, 3.05) is 7.05 Å². The van der Waals surface area contributed by atoms with Crippen LogP contribution in [-0.4, -0.2) is 42.7 Å². The number of fused-ring (bicyclic) bond motifs is 1. The quantitative estimate of drug-likeness (QED) is 0.723. The fourth-order valence-electron chi connectivity index (χ4n) is 2.97. The van der Waals surface area contributed by atoms with Crippen LogP contribution in [0.5, 0.6) is 0 Å². The highest BCUT2D eigenvalue weighted by atomic mass is 16.2. The number of rotatable bonds is 6. The third-order valence-corrected chi connectivity index (χ3v) is 4.31. The van der Waals surface area contributed by atoms with Gasteiger partial charge in [0.2, 0.25) is 0 Å². The van der Waals surface area contributed by atoms with E-state index >= 15 is 0 Å². The molecule has 2 amide bonds. The van der Waals surface area contributed by atoms with Crippen molar-refractivity contribution in [1.29, 1.82) is 0 Å². The summed E-state index contributed by atoms with van der Waals surface area (Å²) >= 11 is 0. The van der Waals surface area contributed by atoms with Gasteiger partial charge in [0.05, 0.1) is 35.5 Å². The molecule has 2 aromatic heterocycles. The van der Waals surface area contributed by atoms with Gasteiger partial charge in [-0.15, -0.1) is 0 Å². The minimum atomic E-state index is -0.199. The van der Waals surface area contributed by atoms with E-state index in [-0.39, 0.29) is 12.1 Å². The highest BCUT2D eigenvalue weighted by Crippen LogP contribution is 2.19. The van der Waals surface area contributed by atoms with Crippen LogP contribution in [0.4, 0.5) is 4.79 Å². The van der Waals surface area contributed by atoms with Gasteiger partial charge < -0.3 is 10.2 Å². The molecule has 1 aromatic carbocycles. The number of hydrogen-bond donors (Lipinski definition) is 1. The van der Waals surface area contributed by atoms with Crippen LogP contribution >= 0.6 is 0 Å². The summed E-state index contributed by atoms with van der Waals surface area (Å²) in [7, 11) is 3.57. The molecule has 0 radical (unpaired) electrons. The molecule has 8 nitrogen and oxygen atoms in total. The first kappa shape index (κ1) is 18.8. The molecular weight excluding hydrogens is 342 g/mol. The lowest BCUT2D eigenvalue weighted by Crippen LogP contribution is -2.40. The fraction of sp³-hybridized carbons (Fsp3) is 0.421. The first-order valence-corrected chi connectivity index (χ1v) is 9.00. The van der Waals surface area contributed by atoms with E-state index in [0.717, 1.165) is 29.0 Å². The van der Waals surface area contributed by atoms with Crippen molar-refractivity contribution in [1.82, 2.24) is 34.9 Å². The van der Waals surface area contributed by atoms with E-state index in [1.165, 1.54) is 6.33 Å². The molecule has 8 heteroatoms. The molecule has 0 aliphatic heterocycles. The van der Waals surface area contributed by atoms with Gasteiger partial charge in [-0.3, -0.25) is 9.67 Å². The van der Waals surface area contributed by atoms with Crippen molar-refractivity contribution in [3.63, 3.8) is 0 Å². The second-order valence-corrected chi connectivity index (χ2v) is 7.08. The number of amides is 2. The molecule has 0 saturated heterocycles. The zero-order valence-corrected chi connectivity index (χ0v) is 16.1. The number of hydrogen-bond acceptors (Lipinski definition) is 5. The van der Waals surface area contributed by atoms with Crippen LogP contribution < -0.4 is 5.32 Å². The Balaban J connectivity index is 1.70. The average Bonchev–Trinajstić information content (AvgIpc) is 3.06. The lowest BCUT2D eigenvalue weighted by Gasteiger charge is -2.24. The predicted octanol–water partition coefficient (Wildman–Crippen LogP) is 2.69. The second-order valence-electron chi connectivity index (χ2n) is 7.08. The van der Waals surface area contributed by atoms with E-state index in [1.54, 1.807) is 22.8 Å². The maximum Gasteiger partial charge on any atom is 0.318 e. The first-order chi connectivity index (χ1) is 12.9. The fourth-order valence-corrected chi connectivity index (χ4v) is 2.97. The van der Waals surface area contributed by atoms with E-state index in [1.807, 2.05) is 31.3 Å². The largest absolute Gasteiger partial charge is 0.328 e. The Bertz CT molecular complexity index is 921. The number of carbonyl (C=O) groups is 1. The summed E-state index contributed by atoms with van der Waals surface area (Å²) in [6.45, 7) is 4.60. The van der Waals surface area contributed by atoms with E-state index in [2.05, 4.69) is 39.2 Å². The summed E-state index contributed by atoms with van der Waals surface area (Å²) in [6.07, 6.45) is 3.99. The third kappa shape index (κ3) is 4.58. The van der Waals surface area contributed by atoms with Crippen LogP contribution in [0.15, 0.2) is 36.8 Å². The van der Waals surface area contributed by atoms with E-state index in [4.69, 9.17) is 0 Å². The molecule has 1 atom stereocenters. The number of urea groups is 1. The smallest absolute Gasteiger partial charge is 0.318 e. The Labute approximate surface area is 158 Å². The minimum Gasteiger partial charge on any atom is -0.328 e. The highest BCUT2D eigenvalue weighted by molar-refractivity contribution is 5.75. The van der Waals surface area contributed by atoms with E-state index in [0.29, 0.717) is 12.5 Å². The Morgan fingerprint density at radius 2 is 1.96 bits per heavy atom. The number of carbonyl (C=O) groups excluding carboxylic acids is 1. The van der Waals surface area contributed by atoms with E-state index < -0.39 is 0 Å². The van der Waals surface area contributed by atoms with Crippen molar-refractivity contribution in [2.45, 2.75) is 32.9 Å². The standard InChI is InChI=1S/C19H25N7O/c1-13(2)9-17(18-21-12-22-26(18)4)24-19(27)25(3)11-14-10-20-15-7-5-6-8-16(15)23-14/h5-8,10,12-13,17H,9,11H2,1-4H3,(H,24,27)/t17-/m0/s1. The number of aromatic nitrogens is 5. The zero-order valence-electron chi connectivity index (χ0n) is 16.1. The molecular formula is C19H25N7O. The van der Waals surface area contributed by atoms with Crippen LogP contribution in [0.3, 0.4) is 0 Å². The zero-order chi connectivity index (χ0) is 19.4. The maximum absolute atomic E-state index is 12.7. The predicted molar refractivity (Wildman–Crippen MR) is 103 cm³/mol. The molecule has 3 aromatic rings. The molecule has 2 heterocycles. The first-order valence-electron chi connectivity index (χ1n) is 9.00. The summed E-state index contributed by atoms with van der Waals surface area (Å²) < 4.78 is 1.70. The summed E-state index contributed by atoms with van der Waals surface area (Å²) in [5, 5.41) is 7.18. The summed E-state index contributed by atoms with van der Waals surface area (Å²) in [5.74, 6) is 1.15. The number of nitrogens with zero attached hydrogens (tertiary/aromatic N) is 6. The summed E-state index contributed by atoms with van der Waals surface area (Å²) in [4.78, 5) is 27.6. The molecule has 0 unspecified atom stereocenters. The Morgan fingerprint density at radius 3 is 2.63 bits per heavy atom. The van der Waals surface area contributed by atoms with Gasteiger partial charge in [0.25, 0.3) is 0 Å². The van der Waals surface area contributed by atoms with Gasteiger partial charge in [0.1, 0.15) is 12.2 Å². The molecule has 142 valence electrons. The van der Waals surface area contributed by atoms with E-state index in [9.17, 15) is 4.79 Å². The van der Waals surface area contributed by atoms with Crippen LogP contribution in [0.25, 0.3) is 11.0 Å². The van der Waals surface area contributed by atoms with Gasteiger partial charge in [0.15, 0.2) is 0 Å².